The fourth-order valence-corrected chi connectivity index (χ4v) is 2.84. The van der Waals surface area contributed by atoms with Gasteiger partial charge in [0.2, 0.25) is 5.89 Å². The van der Waals surface area contributed by atoms with E-state index >= 15 is 0 Å². The Balaban J connectivity index is 1.69. The predicted octanol–water partition coefficient (Wildman–Crippen LogP) is 3.57. The van der Waals surface area contributed by atoms with Gasteiger partial charge in [0.25, 0.3) is 0 Å². The number of nitrogens with zero attached hydrogens (tertiary/aromatic N) is 3. The number of nitrogens with one attached hydrogen (secondary N) is 2. The minimum absolute atomic E-state index is 0.305. The van der Waals surface area contributed by atoms with Crippen molar-refractivity contribution >= 4 is 5.96 Å². The molecule has 1 aromatic heterocycles. The van der Waals surface area contributed by atoms with E-state index in [9.17, 15) is 0 Å². The molecular weight excluding hydrogens is 314 g/mol. The van der Waals surface area contributed by atoms with Crippen molar-refractivity contribution in [1.82, 2.24) is 20.8 Å². The lowest BCUT2D eigenvalue weighted by Gasteiger charge is -2.15. The number of guanidine groups is 1. The molecule has 1 aromatic rings. The van der Waals surface area contributed by atoms with Crippen LogP contribution in [0.3, 0.4) is 0 Å². The van der Waals surface area contributed by atoms with Crippen LogP contribution in [0.2, 0.25) is 0 Å². The second kappa shape index (κ2) is 10.9. The molecule has 2 N–H and O–H groups in total. The van der Waals surface area contributed by atoms with Crippen LogP contribution in [0, 0.1) is 0 Å². The Bertz CT molecular complexity index is 562. The number of rotatable bonds is 9. The molecule has 140 valence electrons. The van der Waals surface area contributed by atoms with E-state index in [-0.39, 0.29) is 0 Å². The minimum Gasteiger partial charge on any atom is -0.357 e. The number of allylic oxidation sites excluding steroid dienone is 1. The summed E-state index contributed by atoms with van der Waals surface area (Å²) in [6.45, 7) is 8.78. The Morgan fingerprint density at radius 1 is 1.28 bits per heavy atom. The molecule has 1 aliphatic rings. The van der Waals surface area contributed by atoms with Crippen LogP contribution in [0.25, 0.3) is 0 Å². The van der Waals surface area contributed by atoms with Gasteiger partial charge in [0.1, 0.15) is 0 Å². The molecule has 0 saturated heterocycles. The fourth-order valence-electron chi connectivity index (χ4n) is 2.84. The summed E-state index contributed by atoms with van der Waals surface area (Å²) in [7, 11) is 0. The number of hydrogen-bond acceptors (Lipinski definition) is 4. The summed E-state index contributed by atoms with van der Waals surface area (Å²) < 4.78 is 5.27. The van der Waals surface area contributed by atoms with Crippen LogP contribution in [0.15, 0.2) is 21.2 Å². The van der Waals surface area contributed by atoms with Gasteiger partial charge in [0.05, 0.1) is 0 Å². The smallest absolute Gasteiger partial charge is 0.226 e. The zero-order chi connectivity index (χ0) is 17.9. The van der Waals surface area contributed by atoms with Crippen molar-refractivity contribution in [3.05, 3.63) is 23.4 Å². The van der Waals surface area contributed by atoms with Gasteiger partial charge < -0.3 is 15.2 Å². The molecule has 6 nitrogen and oxygen atoms in total. The van der Waals surface area contributed by atoms with E-state index in [0.717, 1.165) is 50.7 Å². The number of hydrogen-bond donors (Lipinski definition) is 2. The van der Waals surface area contributed by atoms with Crippen LogP contribution in [0.1, 0.15) is 76.9 Å². The Kier molecular flexibility index (Phi) is 8.49. The van der Waals surface area contributed by atoms with E-state index in [0.29, 0.717) is 11.8 Å². The zero-order valence-corrected chi connectivity index (χ0v) is 16.0. The van der Waals surface area contributed by atoms with Gasteiger partial charge in [-0.05, 0) is 45.4 Å². The summed E-state index contributed by atoms with van der Waals surface area (Å²) in [5.74, 6) is 2.69. The van der Waals surface area contributed by atoms with Crippen molar-refractivity contribution < 1.29 is 4.52 Å². The molecule has 0 atom stereocenters. The molecule has 1 heterocycles. The Labute approximate surface area is 151 Å². The summed E-state index contributed by atoms with van der Waals surface area (Å²) in [4.78, 5) is 9.04. The van der Waals surface area contributed by atoms with E-state index in [1.165, 1.54) is 25.7 Å². The first-order chi connectivity index (χ1) is 12.2. The molecule has 25 heavy (non-hydrogen) atoms. The summed E-state index contributed by atoms with van der Waals surface area (Å²) in [6.07, 6.45) is 10.4. The Morgan fingerprint density at radius 3 is 2.84 bits per heavy atom. The quantitative estimate of drug-likeness (QED) is 0.309. The monoisotopic (exact) mass is 347 g/mol. The van der Waals surface area contributed by atoms with Gasteiger partial charge in [0.15, 0.2) is 11.8 Å². The molecule has 0 amide bonds. The van der Waals surface area contributed by atoms with Crippen molar-refractivity contribution in [2.75, 3.05) is 19.6 Å². The molecule has 0 aromatic carbocycles. The van der Waals surface area contributed by atoms with Gasteiger partial charge in [-0.1, -0.05) is 30.7 Å². The maximum absolute atomic E-state index is 5.27. The summed E-state index contributed by atoms with van der Waals surface area (Å²) >= 11 is 0. The topological polar surface area (TPSA) is 75.3 Å². The molecule has 0 unspecified atom stereocenters. The third kappa shape index (κ3) is 7.28. The van der Waals surface area contributed by atoms with Crippen molar-refractivity contribution in [1.29, 1.82) is 0 Å². The summed E-state index contributed by atoms with van der Waals surface area (Å²) in [5, 5.41) is 10.7. The Hall–Kier alpha value is -1.85. The average molecular weight is 348 g/mol. The molecule has 0 saturated carbocycles. The lowest BCUT2D eigenvalue weighted by molar-refractivity contribution is 0.369. The second-order valence-electron chi connectivity index (χ2n) is 6.85. The molecule has 0 spiro atoms. The molecule has 0 fully saturated rings. The maximum atomic E-state index is 5.27. The standard InChI is InChI=1S/C19H33N5O/c1-4-20-19(22-14-12-16-9-6-5-7-10-16)21-13-8-11-17-23-18(15(2)3)24-25-17/h9,15H,4-8,10-14H2,1-3H3,(H2,20,21,22). The predicted molar refractivity (Wildman–Crippen MR) is 102 cm³/mol. The van der Waals surface area contributed by atoms with Crippen LogP contribution < -0.4 is 10.6 Å². The zero-order valence-electron chi connectivity index (χ0n) is 16.0. The second-order valence-corrected chi connectivity index (χ2v) is 6.85. The SMILES string of the molecule is CCNC(=NCCCc1nc(C(C)C)no1)NCCC1=CCCCC1. The van der Waals surface area contributed by atoms with Crippen LogP contribution >= 0.6 is 0 Å². The van der Waals surface area contributed by atoms with E-state index in [1.54, 1.807) is 5.57 Å². The molecule has 0 aliphatic heterocycles. The van der Waals surface area contributed by atoms with Crippen molar-refractivity contribution in [3.8, 4) is 0 Å². The molecule has 1 aliphatic carbocycles. The highest BCUT2D eigenvalue weighted by Gasteiger charge is 2.09. The van der Waals surface area contributed by atoms with Crippen molar-refractivity contribution in [3.63, 3.8) is 0 Å². The van der Waals surface area contributed by atoms with Gasteiger partial charge in [-0.2, -0.15) is 4.98 Å². The van der Waals surface area contributed by atoms with E-state index in [2.05, 4.69) is 52.6 Å². The van der Waals surface area contributed by atoms with Crippen LogP contribution in [-0.4, -0.2) is 35.7 Å². The molecule has 0 radical (unpaired) electrons. The molecule has 2 rings (SSSR count). The van der Waals surface area contributed by atoms with E-state index < -0.39 is 0 Å². The fraction of sp³-hybridized carbons (Fsp3) is 0.737. The third-order valence-corrected chi connectivity index (χ3v) is 4.29. The van der Waals surface area contributed by atoms with Gasteiger partial charge >= 0.3 is 0 Å². The first-order valence-corrected chi connectivity index (χ1v) is 9.71. The van der Waals surface area contributed by atoms with E-state index in [4.69, 9.17) is 4.52 Å². The first kappa shape index (κ1) is 19.5. The highest BCUT2D eigenvalue weighted by Crippen LogP contribution is 2.19. The highest BCUT2D eigenvalue weighted by molar-refractivity contribution is 5.79. The lowest BCUT2D eigenvalue weighted by Crippen LogP contribution is -2.38. The number of aryl methyl sites for hydroxylation is 1. The normalized spacial score (nSPS) is 15.4. The molecular formula is C19H33N5O. The van der Waals surface area contributed by atoms with Crippen molar-refractivity contribution in [2.24, 2.45) is 4.99 Å². The van der Waals surface area contributed by atoms with Gasteiger partial charge in [-0.25, -0.2) is 0 Å². The summed E-state index contributed by atoms with van der Waals surface area (Å²) in [6, 6.07) is 0. The van der Waals surface area contributed by atoms with Gasteiger partial charge in [-0.15, -0.1) is 0 Å². The van der Waals surface area contributed by atoms with Crippen molar-refractivity contribution in [2.45, 2.75) is 71.6 Å². The molecule has 0 bridgehead atoms. The number of aromatic nitrogens is 2. The van der Waals surface area contributed by atoms with Gasteiger partial charge in [-0.3, -0.25) is 4.99 Å². The van der Waals surface area contributed by atoms with Gasteiger partial charge in [0, 0.05) is 32.0 Å². The average Bonchev–Trinajstić information content (AvgIpc) is 3.09. The molecule has 6 heteroatoms. The van der Waals surface area contributed by atoms with Crippen LogP contribution in [-0.2, 0) is 6.42 Å². The largest absolute Gasteiger partial charge is 0.357 e. The summed E-state index contributed by atoms with van der Waals surface area (Å²) in [5.41, 5.74) is 1.59. The Morgan fingerprint density at radius 2 is 2.16 bits per heavy atom. The minimum atomic E-state index is 0.305. The third-order valence-electron chi connectivity index (χ3n) is 4.29. The highest BCUT2D eigenvalue weighted by atomic mass is 16.5. The van der Waals surface area contributed by atoms with Crippen LogP contribution in [0.5, 0.6) is 0 Å². The maximum Gasteiger partial charge on any atom is 0.226 e. The lowest BCUT2D eigenvalue weighted by atomic mass is 9.97. The number of aliphatic imine (C=N–C) groups is 1. The first-order valence-electron chi connectivity index (χ1n) is 9.71. The van der Waals surface area contributed by atoms with Crippen LogP contribution in [0.4, 0.5) is 0 Å². The van der Waals surface area contributed by atoms with E-state index in [1.807, 2.05) is 0 Å².